The van der Waals surface area contributed by atoms with Crippen LogP contribution in [-0.2, 0) is 4.79 Å². The number of carbonyl (C=O) groups is 1. The Kier molecular flexibility index (Phi) is 3.67. The normalized spacial score (nSPS) is 26.0. The van der Waals surface area contributed by atoms with E-state index in [-0.39, 0.29) is 5.78 Å². The first-order valence-corrected chi connectivity index (χ1v) is 8.99. The predicted octanol–water partition coefficient (Wildman–Crippen LogP) is 3.25. The Morgan fingerprint density at radius 3 is 2.27 bits per heavy atom. The lowest BCUT2D eigenvalue weighted by Crippen LogP contribution is -2.23. The summed E-state index contributed by atoms with van der Waals surface area (Å²) in [4.78, 5) is 12.9. The van der Waals surface area contributed by atoms with Gasteiger partial charge in [-0.1, -0.05) is 8.98 Å². The SMILES string of the molecule is O=C1/C(=C/c2csnn2)CC[C@H](C2CC2)/C1=C\c1csnn1. The number of hydrogen-bond acceptors (Lipinski definition) is 7. The van der Waals surface area contributed by atoms with Gasteiger partial charge in [-0.25, -0.2) is 0 Å². The summed E-state index contributed by atoms with van der Waals surface area (Å²) in [5.74, 6) is 1.19. The lowest BCUT2D eigenvalue weighted by Gasteiger charge is -2.26. The Morgan fingerprint density at radius 2 is 1.68 bits per heavy atom. The molecule has 2 fully saturated rings. The number of nitrogens with zero attached hydrogens (tertiary/aromatic N) is 4. The van der Waals surface area contributed by atoms with E-state index in [0.29, 0.717) is 11.8 Å². The number of carbonyl (C=O) groups excluding carboxylic acids is 1. The lowest BCUT2D eigenvalue weighted by molar-refractivity contribution is -0.113. The van der Waals surface area contributed by atoms with Gasteiger partial charge in [0, 0.05) is 21.9 Å². The molecule has 2 saturated carbocycles. The van der Waals surface area contributed by atoms with Crippen LogP contribution in [-0.4, -0.2) is 25.0 Å². The van der Waals surface area contributed by atoms with Crippen LogP contribution in [0.15, 0.2) is 21.9 Å². The fourth-order valence-electron chi connectivity index (χ4n) is 3.04. The van der Waals surface area contributed by atoms with E-state index < -0.39 is 0 Å². The smallest absolute Gasteiger partial charge is 0.185 e. The summed E-state index contributed by atoms with van der Waals surface area (Å²) in [5, 5.41) is 11.8. The van der Waals surface area contributed by atoms with Crippen LogP contribution < -0.4 is 0 Å². The van der Waals surface area contributed by atoms with Gasteiger partial charge >= 0.3 is 0 Å². The van der Waals surface area contributed by atoms with E-state index in [2.05, 4.69) is 19.2 Å². The van der Waals surface area contributed by atoms with E-state index in [9.17, 15) is 4.79 Å². The summed E-state index contributed by atoms with van der Waals surface area (Å²) in [7, 11) is 0. The Morgan fingerprint density at radius 1 is 1.00 bits per heavy atom. The average Bonchev–Trinajstić information content (AvgIpc) is 3.00. The minimum absolute atomic E-state index is 0.143. The molecule has 2 aliphatic carbocycles. The van der Waals surface area contributed by atoms with E-state index in [1.54, 1.807) is 0 Å². The molecule has 0 aliphatic heterocycles. The van der Waals surface area contributed by atoms with Crippen molar-refractivity contribution in [2.45, 2.75) is 25.7 Å². The van der Waals surface area contributed by atoms with E-state index >= 15 is 0 Å². The predicted molar refractivity (Wildman–Crippen MR) is 86.2 cm³/mol. The maximum atomic E-state index is 12.9. The fourth-order valence-corrected chi connectivity index (χ4v) is 3.86. The van der Waals surface area contributed by atoms with Crippen molar-refractivity contribution < 1.29 is 4.79 Å². The summed E-state index contributed by atoms with van der Waals surface area (Å²) < 4.78 is 7.73. The Labute approximate surface area is 136 Å². The van der Waals surface area contributed by atoms with Crippen molar-refractivity contribution in [3.8, 4) is 0 Å². The summed E-state index contributed by atoms with van der Waals surface area (Å²) in [5.41, 5.74) is 3.29. The van der Waals surface area contributed by atoms with E-state index in [1.165, 1.54) is 35.9 Å². The molecule has 112 valence electrons. The van der Waals surface area contributed by atoms with Gasteiger partial charge in [0.15, 0.2) is 5.78 Å². The standard InChI is InChI=1S/C15H14N4OS2/c20-15-10(5-11-7-21-18-16-11)3-4-13(9-1-2-9)14(15)6-12-8-22-19-17-12/h5-9,13H,1-4H2/b10-5+,14-6+/t13-/m1/s1. The molecule has 2 aromatic rings. The molecule has 7 heteroatoms. The van der Waals surface area contributed by atoms with Gasteiger partial charge < -0.3 is 0 Å². The van der Waals surface area contributed by atoms with E-state index in [1.807, 2.05) is 22.9 Å². The third-order valence-corrected chi connectivity index (χ3v) is 5.29. The lowest BCUT2D eigenvalue weighted by atomic mass is 9.77. The average molecular weight is 330 g/mol. The molecule has 0 bridgehead atoms. The van der Waals surface area contributed by atoms with Crippen molar-refractivity contribution in [2.75, 3.05) is 0 Å². The molecular formula is C15H14N4OS2. The second-order valence-corrected chi connectivity index (χ2v) is 6.96. The first kappa shape index (κ1) is 13.9. The first-order chi connectivity index (χ1) is 10.8. The van der Waals surface area contributed by atoms with Crippen LogP contribution in [0.4, 0.5) is 0 Å². The van der Waals surface area contributed by atoms with Crippen LogP contribution in [0.5, 0.6) is 0 Å². The van der Waals surface area contributed by atoms with Crippen molar-refractivity contribution in [2.24, 2.45) is 11.8 Å². The maximum absolute atomic E-state index is 12.9. The third-order valence-electron chi connectivity index (χ3n) is 4.25. The number of hydrogen-bond donors (Lipinski definition) is 0. The molecule has 0 amide bonds. The highest BCUT2D eigenvalue weighted by molar-refractivity contribution is 7.03. The van der Waals surface area contributed by atoms with Crippen LogP contribution in [0.2, 0.25) is 0 Å². The number of ketones is 1. The number of rotatable bonds is 3. The molecule has 0 saturated heterocycles. The number of aromatic nitrogens is 4. The van der Waals surface area contributed by atoms with Crippen molar-refractivity contribution in [1.29, 1.82) is 0 Å². The molecule has 2 heterocycles. The van der Waals surface area contributed by atoms with Crippen molar-refractivity contribution in [3.63, 3.8) is 0 Å². The molecule has 0 N–H and O–H groups in total. The molecule has 4 rings (SSSR count). The van der Waals surface area contributed by atoms with Gasteiger partial charge in [0.25, 0.3) is 0 Å². The molecule has 22 heavy (non-hydrogen) atoms. The summed E-state index contributed by atoms with van der Waals surface area (Å²) >= 11 is 2.61. The highest BCUT2D eigenvalue weighted by Crippen LogP contribution is 2.47. The monoisotopic (exact) mass is 330 g/mol. The molecule has 2 aliphatic rings. The summed E-state index contributed by atoms with van der Waals surface area (Å²) in [6.45, 7) is 0. The van der Waals surface area contributed by atoms with Crippen LogP contribution in [0.3, 0.4) is 0 Å². The zero-order valence-corrected chi connectivity index (χ0v) is 13.4. The Bertz CT molecular complexity index is 730. The van der Waals surface area contributed by atoms with Gasteiger partial charge in [-0.05, 0) is 72.7 Å². The Balaban J connectivity index is 1.68. The van der Waals surface area contributed by atoms with Crippen LogP contribution >= 0.6 is 23.1 Å². The molecular weight excluding hydrogens is 316 g/mol. The minimum atomic E-state index is 0.143. The van der Waals surface area contributed by atoms with Crippen molar-refractivity contribution in [1.82, 2.24) is 19.2 Å². The molecule has 1 atom stereocenters. The maximum Gasteiger partial charge on any atom is 0.185 e. The molecule has 0 aromatic carbocycles. The minimum Gasteiger partial charge on any atom is -0.289 e. The van der Waals surface area contributed by atoms with E-state index in [4.69, 9.17) is 0 Å². The summed E-state index contributed by atoms with van der Waals surface area (Å²) in [6.07, 6.45) is 8.13. The quantitative estimate of drug-likeness (QED) is 0.808. The zero-order valence-electron chi connectivity index (χ0n) is 11.8. The van der Waals surface area contributed by atoms with Gasteiger partial charge in [0.1, 0.15) is 0 Å². The third kappa shape index (κ3) is 2.78. The molecule has 0 spiro atoms. The van der Waals surface area contributed by atoms with Crippen LogP contribution in [0.1, 0.15) is 37.1 Å². The number of allylic oxidation sites excluding steroid dienone is 2. The zero-order chi connectivity index (χ0) is 14.9. The van der Waals surface area contributed by atoms with Crippen LogP contribution in [0, 0.1) is 11.8 Å². The van der Waals surface area contributed by atoms with Crippen LogP contribution in [0.25, 0.3) is 12.2 Å². The molecule has 0 unspecified atom stereocenters. The highest BCUT2D eigenvalue weighted by atomic mass is 32.1. The molecule has 5 nitrogen and oxygen atoms in total. The van der Waals surface area contributed by atoms with Crippen molar-refractivity contribution >= 4 is 41.0 Å². The summed E-state index contributed by atoms with van der Waals surface area (Å²) in [6, 6.07) is 0. The van der Waals surface area contributed by atoms with Gasteiger partial charge in [-0.15, -0.1) is 10.2 Å². The topological polar surface area (TPSA) is 68.6 Å². The molecule has 2 aromatic heterocycles. The van der Waals surface area contributed by atoms with Gasteiger partial charge in [0.2, 0.25) is 0 Å². The molecule has 0 radical (unpaired) electrons. The number of Topliss-reactive ketones (excluding diaryl/α,β-unsaturated/α-hetero) is 1. The largest absolute Gasteiger partial charge is 0.289 e. The van der Waals surface area contributed by atoms with Gasteiger partial charge in [-0.3, -0.25) is 4.79 Å². The second kappa shape index (κ2) is 5.81. The van der Waals surface area contributed by atoms with Crippen molar-refractivity contribution in [3.05, 3.63) is 33.3 Å². The Hall–Kier alpha value is -1.73. The first-order valence-electron chi connectivity index (χ1n) is 7.32. The van der Waals surface area contributed by atoms with E-state index in [0.717, 1.165) is 35.4 Å². The highest BCUT2D eigenvalue weighted by Gasteiger charge is 2.39. The fraction of sp³-hybridized carbons (Fsp3) is 0.400. The van der Waals surface area contributed by atoms with Gasteiger partial charge in [-0.2, -0.15) is 0 Å². The second-order valence-electron chi connectivity index (χ2n) is 5.74. The van der Waals surface area contributed by atoms with Gasteiger partial charge in [0.05, 0.1) is 11.4 Å².